The summed E-state index contributed by atoms with van der Waals surface area (Å²) < 4.78 is 42.8. The minimum Gasteiger partial charge on any atom is -0.370 e. The van der Waals surface area contributed by atoms with Gasteiger partial charge in [-0.05, 0) is 46.6 Å². The molecule has 11 heteroatoms. The molecule has 166 valence electrons. The summed E-state index contributed by atoms with van der Waals surface area (Å²) in [7, 11) is -3.77. The number of sulfonamides is 1. The number of anilines is 1. The van der Waals surface area contributed by atoms with Crippen LogP contribution in [0.2, 0.25) is 5.02 Å². The molecule has 2 aromatic carbocycles. The summed E-state index contributed by atoms with van der Waals surface area (Å²) in [5, 5.41) is 8.17. The number of halogens is 3. The molecule has 0 unspecified atom stereocenters. The first-order valence-corrected chi connectivity index (χ1v) is 12.3. The van der Waals surface area contributed by atoms with Gasteiger partial charge in [-0.1, -0.05) is 35.9 Å². The average molecular weight is 539 g/mol. The van der Waals surface area contributed by atoms with Gasteiger partial charge in [-0.3, -0.25) is 0 Å². The largest absolute Gasteiger partial charge is 0.370 e. The number of rotatable bonds is 8. The molecule has 0 amide bonds. The van der Waals surface area contributed by atoms with Crippen molar-refractivity contribution in [3.8, 4) is 11.3 Å². The maximum atomic E-state index is 13.3. The van der Waals surface area contributed by atoms with Crippen molar-refractivity contribution in [3.63, 3.8) is 0 Å². The minimum atomic E-state index is -3.77. The first-order valence-electron chi connectivity index (χ1n) is 9.63. The number of hydrogen-bond acceptors (Lipinski definition) is 5. The molecule has 0 bridgehead atoms. The fraction of sp³-hybridized carbons (Fsp3) is 0.143. The van der Waals surface area contributed by atoms with Gasteiger partial charge >= 0.3 is 0 Å². The van der Waals surface area contributed by atoms with Crippen LogP contribution in [0, 0.1) is 5.82 Å². The number of nitrogens with one attached hydrogen (secondary N) is 2. The van der Waals surface area contributed by atoms with Crippen LogP contribution < -0.4 is 10.0 Å². The first kappa shape index (κ1) is 22.7. The SMILES string of the molecule is O=S(=O)(NCCCNc1cc(-c2ccccc2Cl)nc2c(Br)cnn12)c1cccc(F)c1. The lowest BCUT2D eigenvalue weighted by atomic mass is 10.1. The molecule has 0 aliphatic carbocycles. The summed E-state index contributed by atoms with van der Waals surface area (Å²) in [5.41, 5.74) is 2.09. The van der Waals surface area contributed by atoms with Gasteiger partial charge in [-0.25, -0.2) is 22.5 Å². The molecule has 2 N–H and O–H groups in total. The fourth-order valence-electron chi connectivity index (χ4n) is 3.10. The van der Waals surface area contributed by atoms with E-state index in [1.54, 1.807) is 16.8 Å². The minimum absolute atomic E-state index is 0.105. The van der Waals surface area contributed by atoms with E-state index >= 15 is 0 Å². The van der Waals surface area contributed by atoms with Crippen LogP contribution in [-0.2, 0) is 10.0 Å². The van der Waals surface area contributed by atoms with E-state index in [-0.39, 0.29) is 11.4 Å². The van der Waals surface area contributed by atoms with E-state index in [0.717, 1.165) is 16.1 Å². The van der Waals surface area contributed by atoms with Crippen molar-refractivity contribution in [1.29, 1.82) is 0 Å². The van der Waals surface area contributed by atoms with Crippen LogP contribution in [0.4, 0.5) is 10.2 Å². The smallest absolute Gasteiger partial charge is 0.240 e. The first-order chi connectivity index (χ1) is 15.3. The van der Waals surface area contributed by atoms with Gasteiger partial charge < -0.3 is 5.32 Å². The third-order valence-electron chi connectivity index (χ3n) is 4.64. The highest BCUT2D eigenvalue weighted by Gasteiger charge is 2.15. The summed E-state index contributed by atoms with van der Waals surface area (Å²) in [6, 6.07) is 14.2. The van der Waals surface area contributed by atoms with Crippen LogP contribution in [0.25, 0.3) is 16.9 Å². The fourth-order valence-corrected chi connectivity index (χ4v) is 4.78. The average Bonchev–Trinajstić information content (AvgIpc) is 3.14. The predicted octanol–water partition coefficient (Wildman–Crippen LogP) is 4.73. The van der Waals surface area contributed by atoms with Gasteiger partial charge in [0.2, 0.25) is 10.0 Å². The van der Waals surface area contributed by atoms with Crippen LogP contribution in [0.5, 0.6) is 0 Å². The van der Waals surface area contributed by atoms with Gasteiger partial charge in [0.25, 0.3) is 0 Å². The topological polar surface area (TPSA) is 88.4 Å². The molecular weight excluding hydrogens is 521 g/mol. The zero-order valence-corrected chi connectivity index (χ0v) is 19.8. The zero-order valence-electron chi connectivity index (χ0n) is 16.6. The van der Waals surface area contributed by atoms with Crippen LogP contribution >= 0.6 is 27.5 Å². The van der Waals surface area contributed by atoms with Crippen molar-refractivity contribution >= 4 is 49.0 Å². The molecule has 0 aliphatic heterocycles. The molecule has 4 aromatic rings. The molecule has 2 heterocycles. The van der Waals surface area contributed by atoms with Gasteiger partial charge in [0, 0.05) is 29.7 Å². The predicted molar refractivity (Wildman–Crippen MR) is 126 cm³/mol. The number of nitrogens with zero attached hydrogens (tertiary/aromatic N) is 3. The van der Waals surface area contributed by atoms with Crippen molar-refractivity contribution < 1.29 is 12.8 Å². The molecular formula is C21H18BrClFN5O2S. The second kappa shape index (κ2) is 9.53. The lowest BCUT2D eigenvalue weighted by molar-refractivity contribution is 0.576. The number of benzene rings is 2. The van der Waals surface area contributed by atoms with Gasteiger partial charge in [0.1, 0.15) is 11.6 Å². The molecule has 0 radical (unpaired) electrons. The lowest BCUT2D eigenvalue weighted by Crippen LogP contribution is -2.26. The Morgan fingerprint density at radius 2 is 1.91 bits per heavy atom. The van der Waals surface area contributed by atoms with E-state index in [0.29, 0.717) is 35.1 Å². The van der Waals surface area contributed by atoms with E-state index in [2.05, 4.69) is 36.1 Å². The van der Waals surface area contributed by atoms with Gasteiger partial charge in [0.15, 0.2) is 5.65 Å². The quantitative estimate of drug-likeness (QED) is 0.317. The Morgan fingerprint density at radius 1 is 1.09 bits per heavy atom. The summed E-state index contributed by atoms with van der Waals surface area (Å²) in [6.07, 6.45) is 2.14. The molecule has 0 atom stereocenters. The van der Waals surface area contributed by atoms with Crippen molar-refractivity contribution in [2.45, 2.75) is 11.3 Å². The summed E-state index contributed by atoms with van der Waals surface area (Å²) in [4.78, 5) is 4.55. The normalized spacial score (nSPS) is 11.7. The highest BCUT2D eigenvalue weighted by Crippen LogP contribution is 2.30. The number of aromatic nitrogens is 3. The van der Waals surface area contributed by atoms with E-state index in [1.807, 2.05) is 24.3 Å². The Morgan fingerprint density at radius 3 is 2.69 bits per heavy atom. The van der Waals surface area contributed by atoms with Gasteiger partial charge in [-0.15, -0.1) is 0 Å². The Bertz CT molecular complexity index is 1380. The zero-order chi connectivity index (χ0) is 22.7. The van der Waals surface area contributed by atoms with E-state index in [4.69, 9.17) is 11.6 Å². The molecule has 0 fully saturated rings. The molecule has 0 saturated carbocycles. The third kappa shape index (κ3) is 4.93. The molecule has 2 aromatic heterocycles. The van der Waals surface area contributed by atoms with E-state index in [9.17, 15) is 12.8 Å². The van der Waals surface area contributed by atoms with Crippen LogP contribution in [0.1, 0.15) is 6.42 Å². The second-order valence-electron chi connectivity index (χ2n) is 6.87. The standard InChI is InChI=1S/C21H18BrClFN5O2S/c22-17-13-26-29-20(12-19(28-21(17)29)16-7-1-2-8-18(16)23)25-9-4-10-27-32(30,31)15-6-3-5-14(24)11-15/h1-3,5-8,11-13,25,27H,4,9-10H2. The van der Waals surface area contributed by atoms with Crippen LogP contribution in [-0.4, -0.2) is 36.1 Å². The molecule has 7 nitrogen and oxygen atoms in total. The van der Waals surface area contributed by atoms with Crippen LogP contribution in [0.15, 0.2) is 70.2 Å². The molecule has 0 spiro atoms. The second-order valence-corrected chi connectivity index (χ2v) is 9.90. The highest BCUT2D eigenvalue weighted by molar-refractivity contribution is 9.10. The Labute approximate surface area is 197 Å². The van der Waals surface area contributed by atoms with Crippen molar-refractivity contribution in [2.24, 2.45) is 0 Å². The van der Waals surface area contributed by atoms with Crippen molar-refractivity contribution in [1.82, 2.24) is 19.3 Å². The maximum absolute atomic E-state index is 13.3. The summed E-state index contributed by atoms with van der Waals surface area (Å²) in [5.74, 6) is 0.0829. The van der Waals surface area contributed by atoms with E-state index < -0.39 is 15.8 Å². The van der Waals surface area contributed by atoms with Crippen LogP contribution in [0.3, 0.4) is 0 Å². The highest BCUT2D eigenvalue weighted by atomic mass is 79.9. The van der Waals surface area contributed by atoms with Crippen molar-refractivity contribution in [2.75, 3.05) is 18.4 Å². The Hall–Kier alpha value is -2.53. The van der Waals surface area contributed by atoms with Gasteiger partial charge in [0.05, 0.1) is 21.3 Å². The van der Waals surface area contributed by atoms with Gasteiger partial charge in [-0.2, -0.15) is 9.61 Å². The third-order valence-corrected chi connectivity index (χ3v) is 6.98. The summed E-state index contributed by atoms with van der Waals surface area (Å²) in [6.45, 7) is 0.643. The molecule has 0 aliphatic rings. The van der Waals surface area contributed by atoms with E-state index in [1.165, 1.54) is 18.2 Å². The molecule has 0 saturated heterocycles. The lowest BCUT2D eigenvalue weighted by Gasteiger charge is -2.12. The molecule has 32 heavy (non-hydrogen) atoms. The Balaban J connectivity index is 1.46. The monoisotopic (exact) mass is 537 g/mol. The molecule has 4 rings (SSSR count). The Kier molecular flexibility index (Phi) is 6.75. The number of hydrogen-bond donors (Lipinski definition) is 2. The van der Waals surface area contributed by atoms with Crippen molar-refractivity contribution in [3.05, 3.63) is 76.1 Å². The number of fused-ring (bicyclic) bond motifs is 1. The summed E-state index contributed by atoms with van der Waals surface area (Å²) >= 11 is 9.80. The maximum Gasteiger partial charge on any atom is 0.240 e.